The van der Waals surface area contributed by atoms with Crippen LogP contribution in [0.1, 0.15) is 5.56 Å². The normalized spacial score (nSPS) is 10.4. The van der Waals surface area contributed by atoms with E-state index in [1.54, 1.807) is 18.5 Å². The van der Waals surface area contributed by atoms with Crippen molar-refractivity contribution >= 4 is 0 Å². The molecule has 0 bridgehead atoms. The van der Waals surface area contributed by atoms with Crippen molar-refractivity contribution in [2.45, 2.75) is 6.54 Å². The third-order valence-corrected chi connectivity index (χ3v) is 2.31. The van der Waals surface area contributed by atoms with E-state index < -0.39 is 0 Å². The average Bonchev–Trinajstić information content (AvgIpc) is 2.33. The van der Waals surface area contributed by atoms with Crippen LogP contribution in [0.3, 0.4) is 0 Å². The zero-order chi connectivity index (χ0) is 11.4. The molecular formula is C12H12FN3. The van der Waals surface area contributed by atoms with Gasteiger partial charge in [0.1, 0.15) is 12.1 Å². The summed E-state index contributed by atoms with van der Waals surface area (Å²) in [6.45, 7) is 0.685. The number of nitrogens with zero attached hydrogens (tertiary/aromatic N) is 2. The van der Waals surface area contributed by atoms with Crippen molar-refractivity contribution in [2.75, 3.05) is 7.05 Å². The Morgan fingerprint density at radius 1 is 1.25 bits per heavy atom. The summed E-state index contributed by atoms with van der Waals surface area (Å²) >= 11 is 0. The Kier molecular flexibility index (Phi) is 3.22. The van der Waals surface area contributed by atoms with Crippen molar-refractivity contribution < 1.29 is 4.39 Å². The van der Waals surface area contributed by atoms with Gasteiger partial charge in [0, 0.05) is 24.5 Å². The molecule has 2 aromatic rings. The van der Waals surface area contributed by atoms with Gasteiger partial charge in [0.15, 0.2) is 0 Å². The van der Waals surface area contributed by atoms with Crippen LogP contribution in [0.15, 0.2) is 36.9 Å². The van der Waals surface area contributed by atoms with Gasteiger partial charge in [-0.3, -0.25) is 0 Å². The highest BCUT2D eigenvalue weighted by molar-refractivity contribution is 5.65. The zero-order valence-corrected chi connectivity index (χ0v) is 8.94. The van der Waals surface area contributed by atoms with E-state index in [0.717, 1.165) is 16.7 Å². The lowest BCUT2D eigenvalue weighted by molar-refractivity contribution is 0.627. The third-order valence-electron chi connectivity index (χ3n) is 2.31. The molecule has 16 heavy (non-hydrogen) atoms. The van der Waals surface area contributed by atoms with Gasteiger partial charge < -0.3 is 5.32 Å². The Morgan fingerprint density at radius 2 is 2.00 bits per heavy atom. The molecule has 0 fully saturated rings. The zero-order valence-electron chi connectivity index (χ0n) is 8.94. The Hall–Kier alpha value is -1.81. The van der Waals surface area contributed by atoms with Gasteiger partial charge in [-0.1, -0.05) is 6.07 Å². The molecule has 1 heterocycles. The number of hydrogen-bond donors (Lipinski definition) is 1. The minimum atomic E-state index is -0.251. The van der Waals surface area contributed by atoms with Crippen LogP contribution in [0.4, 0.5) is 4.39 Å². The van der Waals surface area contributed by atoms with Gasteiger partial charge in [0.05, 0.1) is 0 Å². The molecular weight excluding hydrogens is 205 g/mol. The van der Waals surface area contributed by atoms with E-state index in [2.05, 4.69) is 15.3 Å². The molecule has 0 saturated heterocycles. The standard InChI is InChI=1S/C12H12FN3/c1-14-5-9-2-3-11(13)4-12(9)10-6-15-8-16-7-10/h2-4,6-8,14H,5H2,1H3. The van der Waals surface area contributed by atoms with Crippen molar-refractivity contribution in [1.29, 1.82) is 0 Å². The molecule has 0 saturated carbocycles. The highest BCUT2D eigenvalue weighted by Crippen LogP contribution is 2.23. The van der Waals surface area contributed by atoms with Crippen molar-refractivity contribution in [2.24, 2.45) is 0 Å². The van der Waals surface area contributed by atoms with E-state index in [0.29, 0.717) is 6.54 Å². The Labute approximate surface area is 93.4 Å². The molecule has 0 aliphatic rings. The molecule has 1 aromatic carbocycles. The second-order valence-electron chi connectivity index (χ2n) is 3.46. The Balaban J connectivity index is 2.49. The monoisotopic (exact) mass is 217 g/mol. The first kappa shape index (κ1) is 10.7. The fraction of sp³-hybridized carbons (Fsp3) is 0.167. The van der Waals surface area contributed by atoms with Crippen molar-refractivity contribution in [1.82, 2.24) is 15.3 Å². The SMILES string of the molecule is CNCc1ccc(F)cc1-c1cncnc1. The number of hydrogen-bond acceptors (Lipinski definition) is 3. The highest BCUT2D eigenvalue weighted by Gasteiger charge is 2.06. The van der Waals surface area contributed by atoms with Crippen LogP contribution < -0.4 is 5.32 Å². The van der Waals surface area contributed by atoms with Crippen LogP contribution in [-0.2, 0) is 6.54 Å². The summed E-state index contributed by atoms with van der Waals surface area (Å²) in [4.78, 5) is 7.88. The van der Waals surface area contributed by atoms with E-state index in [1.807, 2.05) is 7.05 Å². The number of nitrogens with one attached hydrogen (secondary N) is 1. The summed E-state index contributed by atoms with van der Waals surface area (Å²) in [5.41, 5.74) is 2.68. The summed E-state index contributed by atoms with van der Waals surface area (Å²) in [7, 11) is 1.86. The quantitative estimate of drug-likeness (QED) is 0.854. The predicted octanol–water partition coefficient (Wildman–Crippen LogP) is 2.00. The lowest BCUT2D eigenvalue weighted by Crippen LogP contribution is -2.06. The molecule has 1 N–H and O–H groups in total. The van der Waals surface area contributed by atoms with E-state index in [9.17, 15) is 4.39 Å². The smallest absolute Gasteiger partial charge is 0.123 e. The molecule has 0 atom stereocenters. The van der Waals surface area contributed by atoms with Gasteiger partial charge in [0.2, 0.25) is 0 Å². The van der Waals surface area contributed by atoms with Crippen LogP contribution in [0, 0.1) is 5.82 Å². The van der Waals surface area contributed by atoms with Gasteiger partial charge in [-0.15, -0.1) is 0 Å². The van der Waals surface area contributed by atoms with E-state index in [1.165, 1.54) is 18.5 Å². The van der Waals surface area contributed by atoms with E-state index in [4.69, 9.17) is 0 Å². The fourth-order valence-corrected chi connectivity index (χ4v) is 1.60. The van der Waals surface area contributed by atoms with Crippen molar-refractivity contribution in [3.63, 3.8) is 0 Å². The lowest BCUT2D eigenvalue weighted by atomic mass is 10.0. The van der Waals surface area contributed by atoms with Gasteiger partial charge in [-0.2, -0.15) is 0 Å². The summed E-state index contributed by atoms with van der Waals surface area (Å²) in [6.07, 6.45) is 4.82. The van der Waals surface area contributed by atoms with Gasteiger partial charge in [-0.25, -0.2) is 14.4 Å². The first-order valence-corrected chi connectivity index (χ1v) is 4.99. The Bertz CT molecular complexity index is 471. The number of aromatic nitrogens is 2. The molecule has 2 rings (SSSR count). The van der Waals surface area contributed by atoms with Crippen LogP contribution in [0.2, 0.25) is 0 Å². The fourth-order valence-electron chi connectivity index (χ4n) is 1.60. The predicted molar refractivity (Wildman–Crippen MR) is 60.2 cm³/mol. The summed E-state index contributed by atoms with van der Waals surface area (Å²) in [5.74, 6) is -0.251. The molecule has 0 aliphatic heterocycles. The summed E-state index contributed by atoms with van der Waals surface area (Å²) < 4.78 is 13.2. The number of halogens is 1. The molecule has 0 amide bonds. The summed E-state index contributed by atoms with van der Waals surface area (Å²) in [6, 6.07) is 4.74. The third kappa shape index (κ3) is 2.23. The van der Waals surface area contributed by atoms with Crippen LogP contribution in [-0.4, -0.2) is 17.0 Å². The molecule has 0 radical (unpaired) electrons. The summed E-state index contributed by atoms with van der Waals surface area (Å²) in [5, 5.41) is 3.05. The first-order valence-electron chi connectivity index (χ1n) is 4.99. The number of rotatable bonds is 3. The molecule has 4 heteroatoms. The lowest BCUT2D eigenvalue weighted by Gasteiger charge is -2.08. The first-order chi connectivity index (χ1) is 7.81. The molecule has 0 unspecified atom stereocenters. The maximum absolute atomic E-state index is 13.2. The maximum Gasteiger partial charge on any atom is 0.123 e. The van der Waals surface area contributed by atoms with Crippen molar-refractivity contribution in [3.8, 4) is 11.1 Å². The van der Waals surface area contributed by atoms with Crippen LogP contribution in [0.25, 0.3) is 11.1 Å². The van der Waals surface area contributed by atoms with E-state index in [-0.39, 0.29) is 5.82 Å². The topological polar surface area (TPSA) is 37.8 Å². The second kappa shape index (κ2) is 4.81. The van der Waals surface area contributed by atoms with Gasteiger partial charge in [0.25, 0.3) is 0 Å². The second-order valence-corrected chi connectivity index (χ2v) is 3.46. The van der Waals surface area contributed by atoms with Crippen molar-refractivity contribution in [3.05, 3.63) is 48.3 Å². The van der Waals surface area contributed by atoms with Gasteiger partial charge in [-0.05, 0) is 30.3 Å². The molecule has 1 aromatic heterocycles. The Morgan fingerprint density at radius 3 is 2.69 bits per heavy atom. The maximum atomic E-state index is 13.2. The highest BCUT2D eigenvalue weighted by atomic mass is 19.1. The van der Waals surface area contributed by atoms with E-state index >= 15 is 0 Å². The average molecular weight is 217 g/mol. The minimum absolute atomic E-state index is 0.251. The van der Waals surface area contributed by atoms with Crippen LogP contribution >= 0.6 is 0 Å². The molecule has 0 spiro atoms. The number of benzene rings is 1. The molecule has 82 valence electrons. The van der Waals surface area contributed by atoms with Gasteiger partial charge >= 0.3 is 0 Å². The van der Waals surface area contributed by atoms with Crippen LogP contribution in [0.5, 0.6) is 0 Å². The molecule has 0 aliphatic carbocycles. The molecule has 3 nitrogen and oxygen atoms in total. The minimum Gasteiger partial charge on any atom is -0.316 e. The largest absolute Gasteiger partial charge is 0.316 e.